The topological polar surface area (TPSA) is 3.24 Å². The predicted octanol–water partition coefficient (Wildman–Crippen LogP) is 1.93. The second kappa shape index (κ2) is 5.66. The van der Waals surface area contributed by atoms with Gasteiger partial charge in [-0.2, -0.15) is 0 Å². The Morgan fingerprint density at radius 3 is 2.40 bits per heavy atom. The maximum atomic E-state index is 11.7. The van der Waals surface area contributed by atoms with Gasteiger partial charge in [0.05, 0.1) is 6.67 Å². The van der Waals surface area contributed by atoms with Gasteiger partial charge in [-0.05, 0) is 19.4 Å². The standard InChI is InChI=1S/C8H18FN/c1-8(2)7-10(3)6-4-5-9/h8H,4-7H2,1-3H3. The van der Waals surface area contributed by atoms with E-state index in [0.29, 0.717) is 12.3 Å². The van der Waals surface area contributed by atoms with Crippen LogP contribution in [0, 0.1) is 5.92 Å². The molecule has 62 valence electrons. The van der Waals surface area contributed by atoms with E-state index in [2.05, 4.69) is 18.7 Å². The summed E-state index contributed by atoms with van der Waals surface area (Å²) in [5.41, 5.74) is 0. The molecule has 0 fully saturated rings. The van der Waals surface area contributed by atoms with Crippen LogP contribution in [0.5, 0.6) is 0 Å². The summed E-state index contributed by atoms with van der Waals surface area (Å²) in [7, 11) is 2.04. The Bertz CT molecular complexity index is 73.7. The van der Waals surface area contributed by atoms with Gasteiger partial charge in [0.2, 0.25) is 0 Å². The summed E-state index contributed by atoms with van der Waals surface area (Å²) < 4.78 is 11.7. The van der Waals surface area contributed by atoms with Gasteiger partial charge < -0.3 is 4.90 Å². The summed E-state index contributed by atoms with van der Waals surface area (Å²) in [6.45, 7) is 6.11. The first-order chi connectivity index (χ1) is 4.66. The van der Waals surface area contributed by atoms with Crippen LogP contribution in [-0.4, -0.2) is 31.7 Å². The molecule has 0 aromatic rings. The van der Waals surface area contributed by atoms with Crippen LogP contribution in [0.25, 0.3) is 0 Å². The smallest absolute Gasteiger partial charge is 0.0906 e. The van der Waals surface area contributed by atoms with Gasteiger partial charge in [0.15, 0.2) is 0 Å². The van der Waals surface area contributed by atoms with Gasteiger partial charge >= 0.3 is 0 Å². The van der Waals surface area contributed by atoms with Crippen molar-refractivity contribution in [3.63, 3.8) is 0 Å². The molecule has 0 spiro atoms. The second-order valence-corrected chi connectivity index (χ2v) is 3.20. The molecule has 0 aromatic carbocycles. The van der Waals surface area contributed by atoms with Crippen LogP contribution in [0.2, 0.25) is 0 Å². The molecule has 0 amide bonds. The van der Waals surface area contributed by atoms with E-state index in [1.165, 1.54) is 0 Å². The van der Waals surface area contributed by atoms with Gasteiger partial charge in [0, 0.05) is 13.1 Å². The molecule has 1 nitrogen and oxygen atoms in total. The molecular weight excluding hydrogens is 129 g/mol. The lowest BCUT2D eigenvalue weighted by Crippen LogP contribution is -2.24. The lowest BCUT2D eigenvalue weighted by Gasteiger charge is -2.17. The van der Waals surface area contributed by atoms with Crippen LogP contribution < -0.4 is 0 Å². The monoisotopic (exact) mass is 147 g/mol. The zero-order valence-electron chi connectivity index (χ0n) is 7.23. The SMILES string of the molecule is CC(C)CN(C)CCCF. The average molecular weight is 147 g/mol. The van der Waals surface area contributed by atoms with Crippen molar-refractivity contribution >= 4 is 0 Å². The molecule has 0 aromatic heterocycles. The molecule has 0 saturated carbocycles. The van der Waals surface area contributed by atoms with Crippen molar-refractivity contribution < 1.29 is 4.39 Å². The third kappa shape index (κ3) is 6.02. The minimum Gasteiger partial charge on any atom is -0.306 e. The summed E-state index contributed by atoms with van der Waals surface area (Å²) in [6, 6.07) is 0. The maximum absolute atomic E-state index is 11.7. The highest BCUT2D eigenvalue weighted by molar-refractivity contribution is 4.53. The summed E-state index contributed by atoms with van der Waals surface area (Å²) in [5, 5.41) is 0. The Morgan fingerprint density at radius 2 is 2.00 bits per heavy atom. The molecule has 2 heteroatoms. The zero-order chi connectivity index (χ0) is 7.98. The van der Waals surface area contributed by atoms with Crippen molar-refractivity contribution in [3.05, 3.63) is 0 Å². The second-order valence-electron chi connectivity index (χ2n) is 3.20. The molecule has 0 N–H and O–H groups in total. The number of rotatable bonds is 5. The molecule has 0 heterocycles. The summed E-state index contributed by atoms with van der Waals surface area (Å²) in [6.07, 6.45) is 0.670. The van der Waals surface area contributed by atoms with Crippen LogP contribution in [0.15, 0.2) is 0 Å². The van der Waals surface area contributed by atoms with E-state index in [1.54, 1.807) is 0 Å². The molecule has 0 rings (SSSR count). The Balaban J connectivity index is 3.16. The molecule has 0 bridgehead atoms. The van der Waals surface area contributed by atoms with E-state index in [4.69, 9.17) is 0 Å². The largest absolute Gasteiger partial charge is 0.306 e. The molecule has 0 atom stereocenters. The van der Waals surface area contributed by atoms with E-state index in [-0.39, 0.29) is 6.67 Å². The molecular formula is C8H18FN. The molecule has 0 saturated heterocycles. The highest BCUT2D eigenvalue weighted by Crippen LogP contribution is 1.96. The zero-order valence-corrected chi connectivity index (χ0v) is 7.23. The van der Waals surface area contributed by atoms with Crippen LogP contribution in [0.4, 0.5) is 4.39 Å². The van der Waals surface area contributed by atoms with E-state index >= 15 is 0 Å². The van der Waals surface area contributed by atoms with Gasteiger partial charge in [-0.15, -0.1) is 0 Å². The minimum absolute atomic E-state index is 0.192. The number of hydrogen-bond acceptors (Lipinski definition) is 1. The van der Waals surface area contributed by atoms with Gasteiger partial charge in [-0.3, -0.25) is 4.39 Å². The normalized spacial score (nSPS) is 11.4. The fourth-order valence-corrected chi connectivity index (χ4v) is 1.04. The van der Waals surface area contributed by atoms with Crippen LogP contribution in [0.3, 0.4) is 0 Å². The minimum atomic E-state index is -0.192. The summed E-state index contributed by atoms with van der Waals surface area (Å²) >= 11 is 0. The van der Waals surface area contributed by atoms with Crippen LogP contribution >= 0.6 is 0 Å². The lowest BCUT2D eigenvalue weighted by molar-refractivity contribution is 0.279. The van der Waals surface area contributed by atoms with E-state index in [1.807, 2.05) is 7.05 Å². The average Bonchev–Trinajstić information content (AvgIpc) is 1.82. The molecule has 0 unspecified atom stereocenters. The third-order valence-corrected chi connectivity index (χ3v) is 1.35. The fraction of sp³-hybridized carbons (Fsp3) is 1.00. The third-order valence-electron chi connectivity index (χ3n) is 1.35. The fourth-order valence-electron chi connectivity index (χ4n) is 1.04. The maximum Gasteiger partial charge on any atom is 0.0906 e. The molecule has 0 aliphatic carbocycles. The highest BCUT2D eigenvalue weighted by Gasteiger charge is 1.99. The first-order valence-electron chi connectivity index (χ1n) is 3.91. The predicted molar refractivity (Wildman–Crippen MR) is 42.9 cm³/mol. The number of alkyl halides is 1. The molecule has 0 radical (unpaired) electrons. The number of halogens is 1. The van der Waals surface area contributed by atoms with E-state index in [9.17, 15) is 4.39 Å². The van der Waals surface area contributed by atoms with Crippen LogP contribution in [-0.2, 0) is 0 Å². The van der Waals surface area contributed by atoms with Crippen molar-refractivity contribution in [1.82, 2.24) is 4.90 Å². The first-order valence-corrected chi connectivity index (χ1v) is 3.91. The number of nitrogens with zero attached hydrogens (tertiary/aromatic N) is 1. The van der Waals surface area contributed by atoms with E-state index < -0.39 is 0 Å². The van der Waals surface area contributed by atoms with Crippen molar-refractivity contribution in [3.8, 4) is 0 Å². The van der Waals surface area contributed by atoms with Crippen LogP contribution in [0.1, 0.15) is 20.3 Å². The van der Waals surface area contributed by atoms with Crippen molar-refractivity contribution in [2.45, 2.75) is 20.3 Å². The van der Waals surface area contributed by atoms with E-state index in [0.717, 1.165) is 13.1 Å². The Labute approximate surface area is 63.2 Å². The molecule has 0 aliphatic heterocycles. The molecule has 0 aliphatic rings. The Morgan fingerprint density at radius 1 is 1.40 bits per heavy atom. The Kier molecular flexibility index (Phi) is 5.60. The van der Waals surface area contributed by atoms with Gasteiger partial charge in [-0.1, -0.05) is 13.8 Å². The number of hydrogen-bond donors (Lipinski definition) is 0. The van der Waals surface area contributed by atoms with Crippen molar-refractivity contribution in [2.24, 2.45) is 5.92 Å². The lowest BCUT2D eigenvalue weighted by atomic mass is 10.2. The van der Waals surface area contributed by atoms with Gasteiger partial charge in [0.1, 0.15) is 0 Å². The highest BCUT2D eigenvalue weighted by atomic mass is 19.1. The summed E-state index contributed by atoms with van der Waals surface area (Å²) in [4.78, 5) is 2.17. The van der Waals surface area contributed by atoms with Crippen molar-refractivity contribution in [1.29, 1.82) is 0 Å². The quantitative estimate of drug-likeness (QED) is 0.574. The van der Waals surface area contributed by atoms with Gasteiger partial charge in [-0.25, -0.2) is 0 Å². The Hall–Kier alpha value is -0.110. The summed E-state index contributed by atoms with van der Waals surface area (Å²) in [5.74, 6) is 0.685. The molecule has 10 heavy (non-hydrogen) atoms. The van der Waals surface area contributed by atoms with Crippen molar-refractivity contribution in [2.75, 3.05) is 26.8 Å². The van der Waals surface area contributed by atoms with Gasteiger partial charge in [0.25, 0.3) is 0 Å². The first kappa shape index (κ1) is 9.89.